The Morgan fingerprint density at radius 1 is 1.06 bits per heavy atom. The minimum Gasteiger partial charge on any atom is -0.504 e. The van der Waals surface area contributed by atoms with Gasteiger partial charge in [0.1, 0.15) is 11.7 Å². The predicted octanol–water partition coefficient (Wildman–Crippen LogP) is 0.901. The van der Waals surface area contributed by atoms with E-state index in [4.69, 9.17) is 31.7 Å². The molecule has 51 heavy (non-hydrogen) atoms. The van der Waals surface area contributed by atoms with Gasteiger partial charge in [-0.25, -0.2) is 23.8 Å². The van der Waals surface area contributed by atoms with Crippen LogP contribution in [0.4, 0.5) is 9.52 Å². The molecule has 4 aliphatic rings. The summed E-state index contributed by atoms with van der Waals surface area (Å²) in [6, 6.07) is -0.320. The van der Waals surface area contributed by atoms with Crippen molar-refractivity contribution in [1.29, 1.82) is 0 Å². The van der Waals surface area contributed by atoms with Gasteiger partial charge in [-0.05, 0) is 25.0 Å². The Kier molecular flexibility index (Phi) is 8.63. The number of fused-ring (bicyclic) bond motifs is 1. The number of rotatable bonds is 10. The van der Waals surface area contributed by atoms with Crippen LogP contribution in [0.5, 0.6) is 11.5 Å². The molecule has 2 saturated heterocycles. The highest BCUT2D eigenvalue weighted by molar-refractivity contribution is 7.13. The standard InChI is InChI=1S/C29H25ClFN5O14S/c30-28(31)3-1-27(2-4-28,24(44)45)50-34-19(14-10-51-26(32)33-14)18(39)5-11-9-48-36(20(11)40)29(25(46)47)8-15(23(43)49-29)35-21(41)12-6-16(37)17(38)7-13(12)22(35)42/h6-7,10-11,15,37-38H,1-5,8-9H2,(H2,32,33)(H,44,45)(H,46,47)/b34-19-/t11-,15-,27?,28?,29?/m0/s1. The molecule has 4 heterocycles. The van der Waals surface area contributed by atoms with E-state index in [2.05, 4.69) is 10.1 Å². The van der Waals surface area contributed by atoms with E-state index in [1.54, 1.807) is 0 Å². The summed E-state index contributed by atoms with van der Waals surface area (Å²) in [7, 11) is 0. The Morgan fingerprint density at radius 2 is 1.67 bits per heavy atom. The Bertz CT molecular complexity index is 1900. The summed E-state index contributed by atoms with van der Waals surface area (Å²) < 4.78 is 19.4. The average molecular weight is 754 g/mol. The first kappa shape index (κ1) is 35.4. The smallest absolute Gasteiger partial charge is 0.372 e. The highest BCUT2D eigenvalue weighted by atomic mass is 35.5. The molecular weight excluding hydrogens is 729 g/mol. The first-order chi connectivity index (χ1) is 23.9. The Balaban J connectivity index is 1.22. The number of phenolic OH excluding ortho intramolecular Hbond substituents is 2. The number of hydrogen-bond acceptors (Lipinski definition) is 16. The lowest BCUT2D eigenvalue weighted by atomic mass is 9.83. The number of amides is 3. The number of Topliss-reactive ketones (excluding diaryl/α,β-unsaturated/α-hetero) is 1. The number of ketones is 1. The SMILES string of the molecule is Nc1nc(/C(=N/OC2(C(=O)O)CCC(F)(Cl)CC2)C(=O)C[C@H]2CON(C3(C(=O)O)C[C@H](N4C(=O)c5cc(O)c(O)cc5C4=O)C(=O)O3)C2=O)cs1. The number of carbonyl (C=O) groups excluding carboxylic acids is 5. The van der Waals surface area contributed by atoms with E-state index in [0.29, 0.717) is 4.90 Å². The number of aromatic nitrogens is 1. The van der Waals surface area contributed by atoms with Crippen molar-refractivity contribution in [2.45, 2.75) is 61.0 Å². The van der Waals surface area contributed by atoms with Gasteiger partial charge in [0.25, 0.3) is 17.7 Å². The molecule has 1 aromatic carbocycles. The summed E-state index contributed by atoms with van der Waals surface area (Å²) in [4.78, 5) is 106. The normalized spacial score (nSPS) is 29.3. The lowest BCUT2D eigenvalue weighted by Crippen LogP contribution is -2.56. The number of aromatic hydroxyl groups is 2. The minimum absolute atomic E-state index is 0.0143. The zero-order chi connectivity index (χ0) is 37.2. The van der Waals surface area contributed by atoms with Gasteiger partial charge >= 0.3 is 23.6 Å². The molecule has 1 aliphatic carbocycles. The van der Waals surface area contributed by atoms with E-state index in [1.807, 2.05) is 0 Å². The number of benzene rings is 1. The van der Waals surface area contributed by atoms with Gasteiger partial charge in [0, 0.05) is 24.6 Å². The summed E-state index contributed by atoms with van der Waals surface area (Å²) in [6.45, 7) is -0.631. The first-order valence-corrected chi connectivity index (χ1v) is 16.1. The number of carboxylic acids is 2. The lowest BCUT2D eigenvalue weighted by molar-refractivity contribution is -0.256. The van der Waals surface area contributed by atoms with Crippen LogP contribution in [0.2, 0.25) is 0 Å². The molecule has 3 amide bonds. The second-order valence-corrected chi connectivity index (χ2v) is 13.7. The number of carbonyl (C=O) groups is 7. The van der Waals surface area contributed by atoms with Gasteiger partial charge in [-0.3, -0.25) is 28.9 Å². The third kappa shape index (κ3) is 5.95. The van der Waals surface area contributed by atoms with Crippen molar-refractivity contribution in [2.24, 2.45) is 11.1 Å². The molecule has 3 atom stereocenters. The van der Waals surface area contributed by atoms with E-state index in [9.17, 15) is 58.4 Å². The summed E-state index contributed by atoms with van der Waals surface area (Å²) in [5.74, 6) is -12.1. The average Bonchev–Trinajstić information content (AvgIpc) is 3.80. The zero-order valence-electron chi connectivity index (χ0n) is 25.7. The maximum Gasteiger partial charge on any atom is 0.372 e. The number of alkyl halides is 2. The molecule has 0 radical (unpaired) electrons. The molecule has 19 nitrogen and oxygen atoms in total. The van der Waals surface area contributed by atoms with Crippen molar-refractivity contribution in [1.82, 2.24) is 14.9 Å². The Hall–Kier alpha value is -5.41. The van der Waals surface area contributed by atoms with Crippen molar-refractivity contribution in [3.8, 4) is 11.5 Å². The summed E-state index contributed by atoms with van der Waals surface area (Å²) >= 11 is 6.61. The maximum absolute atomic E-state index is 14.2. The number of phenols is 2. The highest BCUT2D eigenvalue weighted by Gasteiger charge is 2.65. The molecule has 270 valence electrons. The fraction of sp³-hybridized carbons (Fsp3) is 0.414. The number of anilines is 1. The number of nitrogen functional groups attached to an aromatic ring is 1. The van der Waals surface area contributed by atoms with Gasteiger partial charge in [0.15, 0.2) is 33.3 Å². The summed E-state index contributed by atoms with van der Waals surface area (Å²) in [5, 5.41) is 42.8. The van der Waals surface area contributed by atoms with Crippen LogP contribution >= 0.6 is 22.9 Å². The third-order valence-corrected chi connectivity index (χ3v) is 9.96. The summed E-state index contributed by atoms with van der Waals surface area (Å²) in [6.07, 6.45) is -3.36. The molecule has 1 saturated carbocycles. The van der Waals surface area contributed by atoms with Crippen molar-refractivity contribution in [3.05, 3.63) is 34.3 Å². The number of nitrogens with zero attached hydrogens (tertiary/aromatic N) is 4. The fourth-order valence-corrected chi connectivity index (χ4v) is 6.81. The number of ether oxygens (including phenoxy) is 1. The molecule has 2 aromatic rings. The van der Waals surface area contributed by atoms with Crippen LogP contribution in [0.1, 0.15) is 64.9 Å². The van der Waals surface area contributed by atoms with Crippen LogP contribution in [0.15, 0.2) is 22.7 Å². The van der Waals surface area contributed by atoms with E-state index in [-0.39, 0.29) is 15.9 Å². The van der Waals surface area contributed by atoms with Gasteiger partial charge < -0.3 is 35.7 Å². The van der Waals surface area contributed by atoms with Crippen molar-refractivity contribution in [2.75, 3.05) is 12.3 Å². The Labute approximate surface area is 292 Å². The largest absolute Gasteiger partial charge is 0.504 e. The second kappa shape index (κ2) is 12.4. The molecule has 6 N–H and O–H groups in total. The quantitative estimate of drug-likeness (QED) is 0.0562. The Morgan fingerprint density at radius 3 is 2.20 bits per heavy atom. The topological polar surface area (TPSA) is 286 Å². The van der Waals surface area contributed by atoms with Crippen LogP contribution in [-0.4, -0.2) is 112 Å². The van der Waals surface area contributed by atoms with Gasteiger partial charge in [-0.1, -0.05) is 16.8 Å². The van der Waals surface area contributed by atoms with E-state index < -0.39 is 143 Å². The molecule has 1 unspecified atom stereocenters. The van der Waals surface area contributed by atoms with E-state index in [1.165, 1.54) is 5.38 Å². The van der Waals surface area contributed by atoms with Gasteiger partial charge in [0.2, 0.25) is 5.60 Å². The zero-order valence-corrected chi connectivity index (χ0v) is 27.3. The lowest BCUT2D eigenvalue weighted by Gasteiger charge is -2.35. The molecule has 6 rings (SSSR count). The first-order valence-electron chi connectivity index (χ1n) is 14.9. The second-order valence-electron chi connectivity index (χ2n) is 12.1. The highest BCUT2D eigenvalue weighted by Crippen LogP contribution is 2.43. The fourth-order valence-electron chi connectivity index (χ4n) is 6.07. The number of imide groups is 1. The maximum atomic E-state index is 14.2. The number of nitrogens with two attached hydrogens (primary N) is 1. The van der Waals surface area contributed by atoms with Gasteiger partial charge in [-0.2, -0.15) is 5.06 Å². The third-order valence-electron chi connectivity index (χ3n) is 8.90. The van der Waals surface area contributed by atoms with E-state index >= 15 is 0 Å². The molecular formula is C29H25ClFN5O14S. The number of hydroxylamine groups is 2. The molecule has 22 heteroatoms. The molecule has 3 fully saturated rings. The number of hydrogen-bond donors (Lipinski definition) is 5. The number of esters is 1. The van der Waals surface area contributed by atoms with Crippen molar-refractivity contribution < 1.29 is 72.8 Å². The summed E-state index contributed by atoms with van der Waals surface area (Å²) in [5.41, 5.74) is -0.774. The monoisotopic (exact) mass is 753 g/mol. The number of thiazole rings is 1. The van der Waals surface area contributed by atoms with Gasteiger partial charge in [0.05, 0.1) is 30.1 Å². The number of halogens is 2. The van der Waals surface area contributed by atoms with E-state index in [0.717, 1.165) is 23.5 Å². The number of carboxylic acid groups (broad SMARTS) is 2. The number of cyclic esters (lactones) is 1. The molecule has 0 spiro atoms. The van der Waals surface area contributed by atoms with Crippen molar-refractivity contribution >= 4 is 75.2 Å². The number of aliphatic carboxylic acids is 2. The van der Waals surface area contributed by atoms with Crippen LogP contribution in [0.25, 0.3) is 0 Å². The predicted molar refractivity (Wildman–Crippen MR) is 164 cm³/mol. The molecule has 3 aliphatic heterocycles. The van der Waals surface area contributed by atoms with Crippen LogP contribution in [0, 0.1) is 5.92 Å². The van der Waals surface area contributed by atoms with Crippen LogP contribution < -0.4 is 5.73 Å². The minimum atomic E-state index is -2.91. The van der Waals surface area contributed by atoms with Crippen LogP contribution in [-0.2, 0) is 38.4 Å². The van der Waals surface area contributed by atoms with Gasteiger partial charge in [-0.15, -0.1) is 11.3 Å². The number of oxime groups is 1. The van der Waals surface area contributed by atoms with Crippen molar-refractivity contribution in [3.63, 3.8) is 0 Å². The molecule has 0 bridgehead atoms. The molecule has 1 aromatic heterocycles. The van der Waals surface area contributed by atoms with Crippen LogP contribution in [0.3, 0.4) is 0 Å².